The van der Waals surface area contributed by atoms with Gasteiger partial charge in [-0.05, 0) is 61.0 Å². The first-order valence-corrected chi connectivity index (χ1v) is 12.5. The highest BCUT2D eigenvalue weighted by Gasteiger charge is 2.27. The zero-order chi connectivity index (χ0) is 27.6. The first-order chi connectivity index (χ1) is 17.9. The molecule has 7 nitrogen and oxygen atoms in total. The summed E-state index contributed by atoms with van der Waals surface area (Å²) in [5.74, 6) is -0.919. The second-order valence-corrected chi connectivity index (χ2v) is 10.5. The molecule has 1 atom stereocenters. The van der Waals surface area contributed by atoms with Crippen molar-refractivity contribution in [2.24, 2.45) is 0 Å². The molecule has 0 radical (unpaired) electrons. The van der Waals surface area contributed by atoms with Gasteiger partial charge in [-0.3, -0.25) is 19.5 Å². The number of aromatic nitrogens is 3. The van der Waals surface area contributed by atoms with Gasteiger partial charge in [0, 0.05) is 35.4 Å². The van der Waals surface area contributed by atoms with Crippen molar-refractivity contribution in [2.45, 2.75) is 39.0 Å². The van der Waals surface area contributed by atoms with Crippen LogP contribution in [0.2, 0.25) is 5.02 Å². The molecule has 4 rings (SSSR count). The molecule has 1 N–H and O–H groups in total. The first-order valence-electron chi connectivity index (χ1n) is 12.1. The van der Waals surface area contributed by atoms with Gasteiger partial charge >= 0.3 is 0 Å². The van der Waals surface area contributed by atoms with Crippen LogP contribution in [0.3, 0.4) is 0 Å². The maximum absolute atomic E-state index is 13.6. The van der Waals surface area contributed by atoms with Gasteiger partial charge < -0.3 is 5.32 Å². The van der Waals surface area contributed by atoms with E-state index in [1.165, 1.54) is 30.5 Å². The van der Waals surface area contributed by atoms with Crippen LogP contribution in [-0.2, 0) is 10.2 Å². The number of nitrogens with zero attached hydrogens (tertiary/aromatic N) is 4. The van der Waals surface area contributed by atoms with E-state index in [1.807, 2.05) is 18.2 Å². The Bertz CT molecular complexity index is 1460. The number of hydrogen-bond acceptors (Lipinski definition) is 4. The molecule has 2 aromatic heterocycles. The number of amides is 2. The van der Waals surface area contributed by atoms with Crippen LogP contribution >= 0.6 is 11.6 Å². The predicted octanol–water partition coefficient (Wildman–Crippen LogP) is 6.38. The predicted molar refractivity (Wildman–Crippen MR) is 148 cm³/mol. The minimum absolute atomic E-state index is 0.168. The summed E-state index contributed by atoms with van der Waals surface area (Å²) in [5, 5.41) is 8.03. The van der Waals surface area contributed by atoms with Crippen LogP contribution in [0.1, 0.15) is 55.4 Å². The molecule has 38 heavy (non-hydrogen) atoms. The molecule has 0 aliphatic heterocycles. The van der Waals surface area contributed by atoms with E-state index >= 15 is 0 Å². The van der Waals surface area contributed by atoms with Crippen molar-refractivity contribution >= 4 is 34.9 Å². The van der Waals surface area contributed by atoms with E-state index in [0.29, 0.717) is 22.1 Å². The van der Waals surface area contributed by atoms with E-state index in [4.69, 9.17) is 16.7 Å². The number of nitrogens with one attached hydrogen (secondary N) is 1. The molecule has 0 saturated carbocycles. The Morgan fingerprint density at radius 2 is 1.76 bits per heavy atom. The third kappa shape index (κ3) is 5.92. The Morgan fingerprint density at radius 3 is 2.37 bits per heavy atom. The Kier molecular flexibility index (Phi) is 7.64. The molecule has 0 fully saturated rings. The van der Waals surface area contributed by atoms with Crippen molar-refractivity contribution in [2.75, 3.05) is 17.3 Å². The monoisotopic (exact) mass is 533 g/mol. The molecule has 0 bridgehead atoms. The maximum atomic E-state index is 13.6. The van der Waals surface area contributed by atoms with Crippen LogP contribution in [0, 0.1) is 5.82 Å². The van der Waals surface area contributed by atoms with E-state index in [0.717, 1.165) is 11.4 Å². The molecule has 2 aromatic carbocycles. The van der Waals surface area contributed by atoms with Crippen LogP contribution in [0.15, 0.2) is 72.9 Å². The third-order valence-corrected chi connectivity index (χ3v) is 6.41. The number of likely N-dealkylation sites (N-methyl/N-ethyl adjacent to an activating group) is 1. The average Bonchev–Trinajstić information content (AvgIpc) is 3.35. The standard InChI is InChI=1S/C29H29ClFN5O2/c1-18(19-9-14-24(32-17-19)27(37)33-22-12-10-21(31)11-13-22)28(38)35(5)26-16-25(29(2,3)4)34-36(26)23-8-6-7-20(30)15-23/h6-18H,1-5H3,(H,33,37). The second-order valence-electron chi connectivity index (χ2n) is 10.1. The highest BCUT2D eigenvalue weighted by atomic mass is 35.5. The Hall–Kier alpha value is -4.04. The summed E-state index contributed by atoms with van der Waals surface area (Å²) in [6.07, 6.45) is 1.52. The van der Waals surface area contributed by atoms with E-state index in [2.05, 4.69) is 31.1 Å². The van der Waals surface area contributed by atoms with E-state index < -0.39 is 11.8 Å². The molecule has 2 amide bonds. The lowest BCUT2D eigenvalue weighted by molar-refractivity contribution is -0.119. The van der Waals surface area contributed by atoms with Crippen molar-refractivity contribution in [1.29, 1.82) is 0 Å². The summed E-state index contributed by atoms with van der Waals surface area (Å²) < 4.78 is 14.8. The number of carbonyl (C=O) groups excluding carboxylic acids is 2. The number of carbonyl (C=O) groups is 2. The summed E-state index contributed by atoms with van der Waals surface area (Å²) in [6.45, 7) is 7.97. The number of halogens is 2. The van der Waals surface area contributed by atoms with Crippen LogP contribution in [0.4, 0.5) is 15.9 Å². The number of benzene rings is 2. The topological polar surface area (TPSA) is 80.1 Å². The van der Waals surface area contributed by atoms with Crippen molar-refractivity contribution in [1.82, 2.24) is 14.8 Å². The fourth-order valence-corrected chi connectivity index (χ4v) is 4.03. The largest absolute Gasteiger partial charge is 0.321 e. The highest BCUT2D eigenvalue weighted by Crippen LogP contribution is 2.30. The molecular formula is C29H29ClFN5O2. The maximum Gasteiger partial charge on any atom is 0.274 e. The van der Waals surface area contributed by atoms with Gasteiger partial charge in [-0.2, -0.15) is 5.10 Å². The fourth-order valence-electron chi connectivity index (χ4n) is 3.84. The van der Waals surface area contributed by atoms with Gasteiger partial charge in [0.1, 0.15) is 17.3 Å². The number of rotatable bonds is 6. The zero-order valence-electron chi connectivity index (χ0n) is 21.9. The van der Waals surface area contributed by atoms with Gasteiger partial charge in [-0.15, -0.1) is 0 Å². The van der Waals surface area contributed by atoms with Crippen LogP contribution in [0.25, 0.3) is 5.69 Å². The Morgan fingerprint density at radius 1 is 1.05 bits per heavy atom. The summed E-state index contributed by atoms with van der Waals surface area (Å²) in [6, 6.07) is 17.9. The van der Waals surface area contributed by atoms with Crippen molar-refractivity contribution < 1.29 is 14.0 Å². The summed E-state index contributed by atoms with van der Waals surface area (Å²) in [5.41, 5.74) is 2.64. The van der Waals surface area contributed by atoms with Gasteiger partial charge in [0.15, 0.2) is 0 Å². The smallest absolute Gasteiger partial charge is 0.274 e. The van der Waals surface area contributed by atoms with Gasteiger partial charge in [-0.25, -0.2) is 9.07 Å². The SMILES string of the molecule is CC(C(=O)N(C)c1cc(C(C)(C)C)nn1-c1cccc(Cl)c1)c1ccc(C(=O)Nc2ccc(F)cc2)nc1. The summed E-state index contributed by atoms with van der Waals surface area (Å²) >= 11 is 6.23. The van der Waals surface area contributed by atoms with Crippen LogP contribution < -0.4 is 10.2 Å². The molecule has 9 heteroatoms. The Balaban J connectivity index is 1.56. The normalized spacial score (nSPS) is 12.2. The fraction of sp³-hybridized carbons (Fsp3) is 0.241. The number of anilines is 2. The van der Waals surface area contributed by atoms with Gasteiger partial charge in [0.05, 0.1) is 17.3 Å². The molecule has 0 aliphatic rings. The van der Waals surface area contributed by atoms with Crippen molar-refractivity contribution in [3.63, 3.8) is 0 Å². The lowest BCUT2D eigenvalue weighted by Gasteiger charge is -2.22. The zero-order valence-corrected chi connectivity index (χ0v) is 22.6. The number of hydrogen-bond donors (Lipinski definition) is 1. The van der Waals surface area contributed by atoms with E-state index in [-0.39, 0.29) is 22.8 Å². The third-order valence-electron chi connectivity index (χ3n) is 6.18. The first kappa shape index (κ1) is 27.0. The molecule has 196 valence electrons. The summed E-state index contributed by atoms with van der Waals surface area (Å²) in [7, 11) is 1.71. The van der Waals surface area contributed by atoms with Crippen molar-refractivity contribution in [3.05, 3.63) is 101 Å². The van der Waals surface area contributed by atoms with E-state index in [9.17, 15) is 14.0 Å². The van der Waals surface area contributed by atoms with Crippen LogP contribution in [0.5, 0.6) is 0 Å². The lowest BCUT2D eigenvalue weighted by Crippen LogP contribution is -2.32. The van der Waals surface area contributed by atoms with Gasteiger partial charge in [-0.1, -0.05) is 44.5 Å². The molecule has 2 heterocycles. The molecule has 1 unspecified atom stereocenters. The minimum Gasteiger partial charge on any atom is -0.321 e. The molecule has 0 spiro atoms. The second kappa shape index (κ2) is 10.8. The lowest BCUT2D eigenvalue weighted by atomic mass is 9.92. The van der Waals surface area contributed by atoms with Gasteiger partial charge in [0.25, 0.3) is 5.91 Å². The quantitative estimate of drug-likeness (QED) is 0.312. The Labute approximate surface area is 226 Å². The van der Waals surface area contributed by atoms with Crippen molar-refractivity contribution in [3.8, 4) is 5.69 Å². The van der Waals surface area contributed by atoms with E-state index in [1.54, 1.807) is 47.8 Å². The molecule has 4 aromatic rings. The molecule has 0 aliphatic carbocycles. The van der Waals surface area contributed by atoms with Crippen LogP contribution in [-0.4, -0.2) is 33.6 Å². The molecular weight excluding hydrogens is 505 g/mol. The number of pyridine rings is 1. The molecule has 0 saturated heterocycles. The highest BCUT2D eigenvalue weighted by molar-refractivity contribution is 6.30. The van der Waals surface area contributed by atoms with Gasteiger partial charge in [0.2, 0.25) is 5.91 Å². The summed E-state index contributed by atoms with van der Waals surface area (Å²) in [4.78, 5) is 31.9. The average molecular weight is 534 g/mol. The minimum atomic E-state index is -0.539.